The molecule has 6 nitrogen and oxygen atoms in total. The molecule has 6 heteroatoms. The molecular formula is C29H42N4O2. The molecule has 2 aliphatic carbocycles. The lowest BCUT2D eigenvalue weighted by Gasteiger charge is -2.26. The number of fused-ring (bicyclic) bond motifs is 2. The highest BCUT2D eigenvalue weighted by Crippen LogP contribution is 2.31. The van der Waals surface area contributed by atoms with Crippen LogP contribution in [0.4, 0.5) is 0 Å². The zero-order chi connectivity index (χ0) is 24.9. The van der Waals surface area contributed by atoms with Crippen LogP contribution in [-0.4, -0.2) is 38.3 Å². The highest BCUT2D eigenvalue weighted by molar-refractivity contribution is 5.76. The fraction of sp³-hybridized carbons (Fsp3) is 0.517. The first-order chi connectivity index (χ1) is 17.4. The second-order valence-corrected chi connectivity index (χ2v) is 8.29. The molecule has 0 fully saturated rings. The van der Waals surface area contributed by atoms with Crippen molar-refractivity contribution < 1.29 is 9.47 Å². The van der Waals surface area contributed by atoms with Gasteiger partial charge < -0.3 is 20.1 Å². The zero-order valence-corrected chi connectivity index (χ0v) is 21.8. The number of hydrogen-bond donors (Lipinski definition) is 2. The van der Waals surface area contributed by atoms with Crippen molar-refractivity contribution in [3.05, 3.63) is 70.8 Å². The number of hydrogen-bond acceptors (Lipinski definition) is 6. The fourth-order valence-corrected chi connectivity index (χ4v) is 4.75. The lowest BCUT2D eigenvalue weighted by molar-refractivity contribution is 0.321. The van der Waals surface area contributed by atoms with Crippen LogP contribution in [0.5, 0.6) is 0 Å². The minimum atomic E-state index is 0.377. The van der Waals surface area contributed by atoms with E-state index in [1.807, 2.05) is 27.7 Å². The van der Waals surface area contributed by atoms with Crippen LogP contribution in [0.15, 0.2) is 58.5 Å². The van der Waals surface area contributed by atoms with E-state index in [0.29, 0.717) is 12.1 Å². The topological polar surface area (TPSA) is 67.2 Å². The lowest BCUT2D eigenvalue weighted by atomic mass is 9.88. The summed E-state index contributed by atoms with van der Waals surface area (Å²) in [6, 6.07) is 19.5. The van der Waals surface area contributed by atoms with E-state index in [9.17, 15) is 0 Å². The third-order valence-electron chi connectivity index (χ3n) is 6.27. The van der Waals surface area contributed by atoms with Gasteiger partial charge in [0.1, 0.15) is 13.2 Å². The van der Waals surface area contributed by atoms with Crippen LogP contribution in [0.25, 0.3) is 0 Å². The number of aryl methyl sites for hydroxylation is 2. The molecular weight excluding hydrogens is 436 g/mol. The lowest BCUT2D eigenvalue weighted by Crippen LogP contribution is -2.31. The molecule has 2 atom stereocenters. The molecule has 0 spiro atoms. The molecule has 190 valence electrons. The first-order valence-corrected chi connectivity index (χ1v) is 13.4. The van der Waals surface area contributed by atoms with Crippen LogP contribution in [0, 0.1) is 0 Å². The van der Waals surface area contributed by atoms with Gasteiger partial charge in [-0.05, 0) is 54.4 Å². The number of aliphatic imine (C=N–C) groups is 2. The average Bonchev–Trinajstić information content (AvgIpc) is 3.71. The Balaban J connectivity index is 0.000000172. The molecule has 0 saturated heterocycles. The Hall–Kier alpha value is -3.02. The van der Waals surface area contributed by atoms with E-state index in [1.165, 1.54) is 41.5 Å². The van der Waals surface area contributed by atoms with E-state index in [0.717, 1.165) is 51.2 Å². The highest BCUT2D eigenvalue weighted by Gasteiger charge is 2.24. The van der Waals surface area contributed by atoms with Crippen molar-refractivity contribution in [3.63, 3.8) is 0 Å². The Morgan fingerprint density at radius 3 is 1.66 bits per heavy atom. The molecule has 2 N–H and O–H groups in total. The summed E-state index contributed by atoms with van der Waals surface area (Å²) in [5, 5.41) is 6.76. The first kappa shape index (κ1) is 26.6. The van der Waals surface area contributed by atoms with Gasteiger partial charge in [0.15, 0.2) is 0 Å². The van der Waals surface area contributed by atoms with Crippen molar-refractivity contribution in [2.75, 3.05) is 26.3 Å². The maximum absolute atomic E-state index is 5.41. The standard InChI is InChI=1S/C13H16N2O.C12H14N2O.2C2H6/c1-2-6-11-10(4-1)5-3-7-12(11)15-13-14-8-9-16-13;1-2-4-10-9(3-1)5-6-11(10)14-12-13-7-8-15-12;2*1-2/h1-2,4,6,12H,3,5,7-9H2,(H,14,15);1-4,11H,5-8H2,(H,13,14);2*1-2H3. The largest absolute Gasteiger partial charge is 0.463 e. The van der Waals surface area contributed by atoms with E-state index in [1.54, 1.807) is 0 Å². The molecule has 35 heavy (non-hydrogen) atoms. The van der Waals surface area contributed by atoms with Crippen molar-refractivity contribution in [1.29, 1.82) is 0 Å². The van der Waals surface area contributed by atoms with E-state index in [-0.39, 0.29) is 0 Å². The van der Waals surface area contributed by atoms with Crippen molar-refractivity contribution >= 4 is 12.0 Å². The number of amidine groups is 2. The normalized spacial score (nSPS) is 20.9. The summed E-state index contributed by atoms with van der Waals surface area (Å²) in [4.78, 5) is 8.54. The number of nitrogens with zero attached hydrogens (tertiary/aromatic N) is 2. The molecule has 2 aromatic rings. The van der Waals surface area contributed by atoms with Gasteiger partial charge in [0.2, 0.25) is 0 Å². The maximum atomic E-state index is 5.41. The third-order valence-corrected chi connectivity index (χ3v) is 6.27. The van der Waals surface area contributed by atoms with Crippen molar-refractivity contribution in [1.82, 2.24) is 10.6 Å². The van der Waals surface area contributed by atoms with Gasteiger partial charge in [-0.1, -0.05) is 76.2 Å². The molecule has 0 saturated carbocycles. The van der Waals surface area contributed by atoms with E-state index >= 15 is 0 Å². The van der Waals surface area contributed by atoms with Gasteiger partial charge in [-0.15, -0.1) is 0 Å². The van der Waals surface area contributed by atoms with Crippen molar-refractivity contribution in [3.8, 4) is 0 Å². The summed E-state index contributed by atoms with van der Waals surface area (Å²) >= 11 is 0. The van der Waals surface area contributed by atoms with E-state index < -0.39 is 0 Å². The number of ether oxygens (including phenoxy) is 2. The SMILES string of the molecule is CC.CC.c1ccc2c(c1)CCC2NC1=NCCO1.c1ccc2c(c1)CCCC2NC1=NCCO1. The summed E-state index contributed by atoms with van der Waals surface area (Å²) in [5.41, 5.74) is 5.72. The Kier molecular flexibility index (Phi) is 10.9. The molecule has 2 aliphatic heterocycles. The van der Waals surface area contributed by atoms with Gasteiger partial charge >= 0.3 is 0 Å². The number of rotatable bonds is 2. The van der Waals surface area contributed by atoms with Crippen LogP contribution in [-0.2, 0) is 22.3 Å². The summed E-state index contributed by atoms with van der Waals surface area (Å²) in [7, 11) is 0. The summed E-state index contributed by atoms with van der Waals surface area (Å²) in [6.07, 6.45) is 5.89. The number of nitrogens with one attached hydrogen (secondary N) is 2. The Labute approximate surface area is 211 Å². The minimum absolute atomic E-state index is 0.377. The Bertz CT molecular complexity index is 973. The molecule has 6 rings (SSSR count). The monoisotopic (exact) mass is 478 g/mol. The third kappa shape index (κ3) is 7.23. The Morgan fingerprint density at radius 1 is 0.657 bits per heavy atom. The quantitative estimate of drug-likeness (QED) is 0.577. The van der Waals surface area contributed by atoms with Crippen LogP contribution < -0.4 is 10.6 Å². The van der Waals surface area contributed by atoms with Gasteiger partial charge in [-0.3, -0.25) is 0 Å². The van der Waals surface area contributed by atoms with Gasteiger partial charge in [-0.25, -0.2) is 9.98 Å². The van der Waals surface area contributed by atoms with Crippen molar-refractivity contribution in [2.24, 2.45) is 9.98 Å². The van der Waals surface area contributed by atoms with Gasteiger partial charge in [0, 0.05) is 0 Å². The Morgan fingerprint density at radius 2 is 1.14 bits per heavy atom. The predicted molar refractivity (Wildman–Crippen MR) is 145 cm³/mol. The van der Waals surface area contributed by atoms with Gasteiger partial charge in [0.25, 0.3) is 12.0 Å². The molecule has 4 aliphatic rings. The second kappa shape index (κ2) is 14.4. The first-order valence-electron chi connectivity index (χ1n) is 13.4. The smallest absolute Gasteiger partial charge is 0.285 e. The van der Waals surface area contributed by atoms with Gasteiger partial charge in [-0.2, -0.15) is 0 Å². The van der Waals surface area contributed by atoms with Crippen LogP contribution >= 0.6 is 0 Å². The minimum Gasteiger partial charge on any atom is -0.463 e. The van der Waals surface area contributed by atoms with Gasteiger partial charge in [0.05, 0.1) is 25.2 Å². The molecule has 0 radical (unpaired) electrons. The van der Waals surface area contributed by atoms with E-state index in [4.69, 9.17) is 9.47 Å². The molecule has 0 bridgehead atoms. The molecule has 0 aromatic heterocycles. The van der Waals surface area contributed by atoms with E-state index in [2.05, 4.69) is 69.1 Å². The van der Waals surface area contributed by atoms with Crippen LogP contribution in [0.1, 0.15) is 81.3 Å². The zero-order valence-electron chi connectivity index (χ0n) is 21.8. The number of benzene rings is 2. The fourth-order valence-electron chi connectivity index (χ4n) is 4.75. The highest BCUT2D eigenvalue weighted by atomic mass is 16.5. The summed E-state index contributed by atoms with van der Waals surface area (Å²) in [6.45, 7) is 11.0. The van der Waals surface area contributed by atoms with Crippen molar-refractivity contribution in [2.45, 2.75) is 71.9 Å². The summed E-state index contributed by atoms with van der Waals surface area (Å²) < 4.78 is 10.8. The molecule has 2 unspecified atom stereocenters. The molecule has 0 amide bonds. The average molecular weight is 479 g/mol. The van der Waals surface area contributed by atoms with Crippen LogP contribution in [0.3, 0.4) is 0 Å². The molecule has 2 heterocycles. The van der Waals surface area contributed by atoms with Crippen LogP contribution in [0.2, 0.25) is 0 Å². The predicted octanol–water partition coefficient (Wildman–Crippen LogP) is 5.74. The molecule has 2 aromatic carbocycles. The second-order valence-electron chi connectivity index (χ2n) is 8.29. The summed E-state index contributed by atoms with van der Waals surface area (Å²) in [5.74, 6) is 0. The maximum Gasteiger partial charge on any atom is 0.285 e.